The maximum Gasteiger partial charge on any atom is 0.251 e. The molecule has 3 amide bonds. The average Bonchev–Trinajstić information content (AvgIpc) is 2.59. The fourth-order valence-corrected chi connectivity index (χ4v) is 2.33. The van der Waals surface area contributed by atoms with Gasteiger partial charge in [-0.1, -0.05) is 17.7 Å². The molecule has 0 spiro atoms. The second-order valence-corrected chi connectivity index (χ2v) is 5.70. The molecule has 2 aromatic rings. The molecule has 7 heteroatoms. The summed E-state index contributed by atoms with van der Waals surface area (Å²) in [6.07, 6.45) is 0. The van der Waals surface area contributed by atoms with Crippen molar-refractivity contribution in [2.45, 2.75) is 13.8 Å². The minimum Gasteiger partial charge on any atom is -0.495 e. The van der Waals surface area contributed by atoms with Crippen molar-refractivity contribution in [3.05, 3.63) is 53.6 Å². The third kappa shape index (κ3) is 5.34. The number of aryl methyl sites for hydroxylation is 1. The van der Waals surface area contributed by atoms with E-state index >= 15 is 0 Å². The van der Waals surface area contributed by atoms with E-state index in [-0.39, 0.29) is 24.3 Å². The molecule has 2 rings (SSSR count). The summed E-state index contributed by atoms with van der Waals surface area (Å²) in [6, 6.07) is 12.0. The van der Waals surface area contributed by atoms with Gasteiger partial charge in [-0.05, 0) is 37.3 Å². The van der Waals surface area contributed by atoms with Crippen molar-refractivity contribution in [2.24, 2.45) is 0 Å². The third-order valence-corrected chi connectivity index (χ3v) is 3.48. The Labute approximate surface area is 151 Å². The van der Waals surface area contributed by atoms with Gasteiger partial charge in [-0.15, -0.1) is 0 Å². The molecule has 0 saturated heterocycles. The van der Waals surface area contributed by atoms with Crippen LogP contribution in [0.3, 0.4) is 0 Å². The summed E-state index contributed by atoms with van der Waals surface area (Å²) in [5.74, 6) is -0.481. The molecule has 0 radical (unpaired) electrons. The van der Waals surface area contributed by atoms with E-state index in [1.807, 2.05) is 13.0 Å². The molecule has 26 heavy (non-hydrogen) atoms. The largest absolute Gasteiger partial charge is 0.495 e. The number of hydrogen-bond acceptors (Lipinski definition) is 4. The van der Waals surface area contributed by atoms with E-state index in [0.717, 1.165) is 5.56 Å². The number of amides is 3. The lowest BCUT2D eigenvalue weighted by Gasteiger charge is -2.12. The van der Waals surface area contributed by atoms with Gasteiger partial charge in [-0.25, -0.2) is 0 Å². The lowest BCUT2D eigenvalue weighted by atomic mass is 10.1. The quantitative estimate of drug-likeness (QED) is 0.741. The van der Waals surface area contributed by atoms with Gasteiger partial charge in [-0.2, -0.15) is 0 Å². The van der Waals surface area contributed by atoms with Crippen LogP contribution in [-0.2, 0) is 9.59 Å². The van der Waals surface area contributed by atoms with Crippen molar-refractivity contribution in [1.29, 1.82) is 0 Å². The highest BCUT2D eigenvalue weighted by Crippen LogP contribution is 2.27. The number of carbonyl (C=O) groups excluding carboxylic acids is 3. The Balaban J connectivity index is 1.97. The van der Waals surface area contributed by atoms with Crippen LogP contribution >= 0.6 is 0 Å². The van der Waals surface area contributed by atoms with Gasteiger partial charge >= 0.3 is 0 Å². The average molecular weight is 355 g/mol. The van der Waals surface area contributed by atoms with E-state index in [1.165, 1.54) is 14.0 Å². The lowest BCUT2D eigenvalue weighted by Crippen LogP contribution is -2.32. The molecule has 2 aromatic carbocycles. The number of carbonyl (C=O) groups is 3. The number of benzene rings is 2. The Bertz CT molecular complexity index is 833. The molecule has 0 aromatic heterocycles. The Hall–Kier alpha value is -3.35. The fraction of sp³-hybridized carbons (Fsp3) is 0.211. The molecule has 0 atom stereocenters. The van der Waals surface area contributed by atoms with Crippen LogP contribution in [0, 0.1) is 6.92 Å². The van der Waals surface area contributed by atoms with E-state index in [2.05, 4.69) is 16.0 Å². The van der Waals surface area contributed by atoms with Gasteiger partial charge < -0.3 is 20.7 Å². The SMILES string of the molecule is COc1ccc(NC(=O)CNC(=O)c2cccc(C)c2)cc1NC(C)=O. The van der Waals surface area contributed by atoms with Crippen LogP contribution in [0.5, 0.6) is 5.75 Å². The first-order chi connectivity index (χ1) is 12.4. The van der Waals surface area contributed by atoms with Crippen LogP contribution in [0.1, 0.15) is 22.8 Å². The van der Waals surface area contributed by atoms with Gasteiger partial charge in [0.15, 0.2) is 0 Å². The Kier molecular flexibility index (Phi) is 6.32. The van der Waals surface area contributed by atoms with E-state index < -0.39 is 0 Å². The van der Waals surface area contributed by atoms with Gasteiger partial charge in [0.2, 0.25) is 11.8 Å². The van der Waals surface area contributed by atoms with Gasteiger partial charge in [0.05, 0.1) is 19.3 Å². The van der Waals surface area contributed by atoms with E-state index in [0.29, 0.717) is 22.7 Å². The Morgan fingerprint density at radius 3 is 2.46 bits per heavy atom. The summed E-state index contributed by atoms with van der Waals surface area (Å²) in [4.78, 5) is 35.4. The van der Waals surface area contributed by atoms with Gasteiger partial charge in [0.1, 0.15) is 5.75 Å². The molecule has 0 aliphatic heterocycles. The van der Waals surface area contributed by atoms with Crippen molar-refractivity contribution in [3.63, 3.8) is 0 Å². The molecule has 0 unspecified atom stereocenters. The minimum absolute atomic E-state index is 0.172. The van der Waals surface area contributed by atoms with Crippen LogP contribution < -0.4 is 20.7 Å². The second-order valence-electron chi connectivity index (χ2n) is 5.70. The van der Waals surface area contributed by atoms with E-state index in [1.54, 1.807) is 36.4 Å². The zero-order chi connectivity index (χ0) is 19.1. The van der Waals surface area contributed by atoms with Crippen LogP contribution in [-0.4, -0.2) is 31.4 Å². The smallest absolute Gasteiger partial charge is 0.251 e. The topological polar surface area (TPSA) is 96.5 Å². The maximum atomic E-state index is 12.1. The summed E-state index contributed by atoms with van der Waals surface area (Å²) >= 11 is 0. The summed E-state index contributed by atoms with van der Waals surface area (Å²) < 4.78 is 5.16. The normalized spacial score (nSPS) is 9.96. The number of rotatable bonds is 6. The van der Waals surface area contributed by atoms with E-state index in [9.17, 15) is 14.4 Å². The predicted molar refractivity (Wildman–Crippen MR) is 99.4 cm³/mol. The molecule has 0 bridgehead atoms. The highest BCUT2D eigenvalue weighted by molar-refractivity contribution is 6.00. The van der Waals surface area contributed by atoms with Crippen molar-refractivity contribution < 1.29 is 19.1 Å². The summed E-state index contributed by atoms with van der Waals surface area (Å²) in [7, 11) is 1.49. The Morgan fingerprint density at radius 1 is 1.04 bits per heavy atom. The molecule has 0 fully saturated rings. The zero-order valence-electron chi connectivity index (χ0n) is 14.9. The molecule has 0 aliphatic rings. The zero-order valence-corrected chi connectivity index (χ0v) is 14.9. The molecule has 0 heterocycles. The number of nitrogens with one attached hydrogen (secondary N) is 3. The first-order valence-corrected chi connectivity index (χ1v) is 7.99. The van der Waals surface area contributed by atoms with Crippen molar-refractivity contribution in [3.8, 4) is 5.75 Å². The van der Waals surface area contributed by atoms with Crippen molar-refractivity contribution in [1.82, 2.24) is 5.32 Å². The maximum absolute atomic E-state index is 12.1. The standard InChI is InChI=1S/C19H21N3O4/c1-12-5-4-6-14(9-12)19(25)20-11-18(24)22-15-7-8-17(26-3)16(10-15)21-13(2)23/h4-10H,11H2,1-3H3,(H,20,25)(H,21,23)(H,22,24). The highest BCUT2D eigenvalue weighted by Gasteiger charge is 2.10. The molecule has 0 aliphatic carbocycles. The fourth-order valence-electron chi connectivity index (χ4n) is 2.33. The predicted octanol–water partition coefficient (Wildman–Crippen LogP) is 2.33. The molecular formula is C19H21N3O4. The lowest BCUT2D eigenvalue weighted by molar-refractivity contribution is -0.115. The second kappa shape index (κ2) is 8.66. The number of hydrogen-bond donors (Lipinski definition) is 3. The van der Waals surface area contributed by atoms with Gasteiger partial charge in [-0.3, -0.25) is 14.4 Å². The molecular weight excluding hydrogens is 334 g/mol. The molecule has 3 N–H and O–H groups in total. The first-order valence-electron chi connectivity index (χ1n) is 7.99. The Morgan fingerprint density at radius 2 is 1.81 bits per heavy atom. The minimum atomic E-state index is -0.384. The van der Waals surface area contributed by atoms with Crippen molar-refractivity contribution >= 4 is 29.1 Å². The molecule has 136 valence electrons. The van der Waals surface area contributed by atoms with Crippen LogP contribution in [0.2, 0.25) is 0 Å². The summed E-state index contributed by atoms with van der Waals surface area (Å²) in [6.45, 7) is 3.10. The molecule has 0 saturated carbocycles. The third-order valence-electron chi connectivity index (χ3n) is 3.48. The summed E-state index contributed by atoms with van der Waals surface area (Å²) in [5.41, 5.74) is 2.38. The number of methoxy groups -OCH3 is 1. The van der Waals surface area contributed by atoms with Gasteiger partial charge in [0.25, 0.3) is 5.91 Å². The highest BCUT2D eigenvalue weighted by atomic mass is 16.5. The van der Waals surface area contributed by atoms with Crippen LogP contribution in [0.25, 0.3) is 0 Å². The van der Waals surface area contributed by atoms with Crippen LogP contribution in [0.4, 0.5) is 11.4 Å². The van der Waals surface area contributed by atoms with Crippen LogP contribution in [0.15, 0.2) is 42.5 Å². The van der Waals surface area contributed by atoms with Crippen molar-refractivity contribution in [2.75, 3.05) is 24.3 Å². The molecule has 7 nitrogen and oxygen atoms in total. The first kappa shape index (κ1) is 19.0. The number of ether oxygens (including phenoxy) is 1. The van der Waals surface area contributed by atoms with E-state index in [4.69, 9.17) is 4.74 Å². The summed E-state index contributed by atoms with van der Waals surface area (Å²) in [5, 5.41) is 7.86. The monoisotopic (exact) mass is 355 g/mol. The van der Waals surface area contributed by atoms with Gasteiger partial charge in [0, 0.05) is 18.2 Å². The number of anilines is 2.